The number of likely N-dealkylation sites (tertiary alicyclic amines) is 1. The van der Waals surface area contributed by atoms with Gasteiger partial charge in [0.25, 0.3) is 0 Å². The van der Waals surface area contributed by atoms with Gasteiger partial charge in [-0.15, -0.1) is 0 Å². The molecule has 1 aliphatic rings. The molecule has 0 saturated carbocycles. The van der Waals surface area contributed by atoms with E-state index >= 15 is 0 Å². The lowest BCUT2D eigenvalue weighted by atomic mass is 9.80. The van der Waals surface area contributed by atoms with Gasteiger partial charge < -0.3 is 19.1 Å². The van der Waals surface area contributed by atoms with Crippen LogP contribution in [0.2, 0.25) is 0 Å². The molecule has 1 amide bonds. The number of nitrogens with zero attached hydrogens (tertiary/aromatic N) is 1. The summed E-state index contributed by atoms with van der Waals surface area (Å²) in [5.41, 5.74) is 0.117. The zero-order chi connectivity index (χ0) is 23.4. The lowest BCUT2D eigenvalue weighted by Gasteiger charge is -2.38. The molecule has 31 heavy (non-hydrogen) atoms. The zero-order valence-electron chi connectivity index (χ0n) is 19.7. The van der Waals surface area contributed by atoms with E-state index in [1.54, 1.807) is 24.0 Å². The Balaban J connectivity index is 2.24. The number of ether oxygens (including phenoxy) is 3. The molecule has 0 aliphatic carbocycles. The fourth-order valence-corrected chi connectivity index (χ4v) is 3.52. The monoisotopic (exact) mass is 433 g/mol. The van der Waals surface area contributed by atoms with Crippen molar-refractivity contribution in [3.8, 4) is 0 Å². The van der Waals surface area contributed by atoms with E-state index in [0.717, 1.165) is 5.56 Å². The van der Waals surface area contributed by atoms with E-state index in [9.17, 15) is 14.4 Å². The number of hydrogen-bond acceptors (Lipinski definition) is 6. The average Bonchev–Trinajstić information content (AvgIpc) is 2.65. The van der Waals surface area contributed by atoms with Crippen LogP contribution in [0.1, 0.15) is 76.7 Å². The normalized spacial score (nSPS) is 19.5. The van der Waals surface area contributed by atoms with Crippen molar-refractivity contribution in [1.82, 2.24) is 4.90 Å². The van der Waals surface area contributed by atoms with Crippen molar-refractivity contribution >= 4 is 18.0 Å². The molecule has 1 aromatic rings. The Morgan fingerprint density at radius 3 is 2.06 bits per heavy atom. The molecule has 172 valence electrons. The van der Waals surface area contributed by atoms with E-state index in [1.165, 1.54) is 0 Å². The fraction of sp³-hybridized carbons (Fsp3) is 0.625. The first-order valence-corrected chi connectivity index (χ1v) is 10.8. The highest BCUT2D eigenvalue weighted by molar-refractivity contribution is 5.89. The Hall–Kier alpha value is -2.57. The largest absolute Gasteiger partial charge is 0.466 e. The number of amides is 1. The minimum absolute atomic E-state index is 0.256. The summed E-state index contributed by atoms with van der Waals surface area (Å²) in [5.74, 6) is -1.30. The molecule has 1 fully saturated rings. The van der Waals surface area contributed by atoms with Crippen molar-refractivity contribution < 1.29 is 28.6 Å². The summed E-state index contributed by atoms with van der Waals surface area (Å²) in [7, 11) is 0. The summed E-state index contributed by atoms with van der Waals surface area (Å²) in [4.78, 5) is 39.1. The van der Waals surface area contributed by atoms with Crippen LogP contribution in [0.5, 0.6) is 0 Å². The number of esters is 2. The van der Waals surface area contributed by atoms with Crippen LogP contribution in [0.25, 0.3) is 0 Å². The van der Waals surface area contributed by atoms with E-state index < -0.39 is 23.3 Å². The van der Waals surface area contributed by atoms with E-state index in [-0.39, 0.29) is 17.8 Å². The van der Waals surface area contributed by atoms with Gasteiger partial charge in [-0.3, -0.25) is 4.79 Å². The molecule has 2 atom stereocenters. The smallest absolute Gasteiger partial charge is 0.410 e. The van der Waals surface area contributed by atoms with Gasteiger partial charge in [0.2, 0.25) is 0 Å². The number of carbonyl (C=O) groups excluding carboxylic acids is 3. The number of carbonyl (C=O) groups is 3. The second-order valence-corrected chi connectivity index (χ2v) is 9.80. The molecule has 1 aromatic carbocycles. The summed E-state index contributed by atoms with van der Waals surface area (Å²) in [6.45, 7) is 13.8. The van der Waals surface area contributed by atoms with Gasteiger partial charge in [-0.2, -0.15) is 0 Å². The molecule has 0 aromatic heterocycles. The maximum Gasteiger partial charge on any atom is 0.410 e. The zero-order valence-corrected chi connectivity index (χ0v) is 19.7. The predicted octanol–water partition coefficient (Wildman–Crippen LogP) is 4.55. The minimum Gasteiger partial charge on any atom is -0.466 e. The van der Waals surface area contributed by atoms with Crippen molar-refractivity contribution in [2.24, 2.45) is 5.92 Å². The molecule has 7 nitrogen and oxygen atoms in total. The number of hydrogen-bond donors (Lipinski definition) is 0. The molecule has 0 spiro atoms. The third kappa shape index (κ3) is 7.26. The molecule has 0 radical (unpaired) electrons. The van der Waals surface area contributed by atoms with Gasteiger partial charge in [0.1, 0.15) is 11.2 Å². The van der Waals surface area contributed by atoms with Crippen LogP contribution in [-0.2, 0) is 19.0 Å². The summed E-state index contributed by atoms with van der Waals surface area (Å²) in [6.07, 6.45) is 0.0847. The van der Waals surface area contributed by atoms with Crippen LogP contribution in [0.15, 0.2) is 24.3 Å². The van der Waals surface area contributed by atoms with Crippen molar-refractivity contribution in [2.75, 3.05) is 19.7 Å². The molecular formula is C24H35NO6. The SMILES string of the molecule is CCOC(=O)[C@@H]1CCN(C(=O)OC(C)(C)C)C[C@H]1c1ccc(C(=O)OC(C)(C)C)cc1. The highest BCUT2D eigenvalue weighted by Gasteiger charge is 2.38. The van der Waals surface area contributed by atoms with Crippen LogP contribution in [0, 0.1) is 5.92 Å². The molecule has 0 unspecified atom stereocenters. The Morgan fingerprint density at radius 1 is 0.968 bits per heavy atom. The first-order chi connectivity index (χ1) is 14.3. The highest BCUT2D eigenvalue weighted by Crippen LogP contribution is 2.34. The topological polar surface area (TPSA) is 82.1 Å². The van der Waals surface area contributed by atoms with E-state index in [0.29, 0.717) is 31.7 Å². The predicted molar refractivity (Wildman–Crippen MR) is 117 cm³/mol. The maximum absolute atomic E-state index is 12.6. The highest BCUT2D eigenvalue weighted by atomic mass is 16.6. The second-order valence-electron chi connectivity index (χ2n) is 9.80. The van der Waals surface area contributed by atoms with E-state index in [1.807, 2.05) is 53.7 Å². The van der Waals surface area contributed by atoms with Crippen molar-refractivity contribution in [2.45, 2.75) is 72.0 Å². The third-order valence-corrected chi connectivity index (χ3v) is 4.83. The molecule has 7 heteroatoms. The van der Waals surface area contributed by atoms with Crippen LogP contribution in [-0.4, -0.2) is 53.8 Å². The standard InChI is InChI=1S/C24H35NO6/c1-8-29-21(27)18-13-14-25(22(28)31-24(5,6)7)15-19(18)16-9-11-17(12-10-16)20(26)30-23(2,3)4/h9-12,18-19H,8,13-15H2,1-7H3/t18-,19+/m1/s1. The Morgan fingerprint density at radius 2 is 1.55 bits per heavy atom. The van der Waals surface area contributed by atoms with Crippen LogP contribution in [0.4, 0.5) is 4.79 Å². The summed E-state index contributed by atoms with van der Waals surface area (Å²) < 4.78 is 16.2. The van der Waals surface area contributed by atoms with Gasteiger partial charge in [0.15, 0.2) is 0 Å². The molecular weight excluding hydrogens is 398 g/mol. The Labute approximate surface area is 185 Å². The average molecular weight is 434 g/mol. The van der Waals surface area contributed by atoms with E-state index in [4.69, 9.17) is 14.2 Å². The summed E-state index contributed by atoms with van der Waals surface area (Å²) in [5, 5.41) is 0. The minimum atomic E-state index is -0.598. The van der Waals surface area contributed by atoms with E-state index in [2.05, 4.69) is 0 Å². The van der Waals surface area contributed by atoms with Crippen molar-refractivity contribution in [3.05, 3.63) is 35.4 Å². The molecule has 1 aliphatic heterocycles. The molecule has 1 heterocycles. The first kappa shape index (κ1) is 24.7. The van der Waals surface area contributed by atoms with Gasteiger partial charge in [-0.05, 0) is 72.6 Å². The van der Waals surface area contributed by atoms with Gasteiger partial charge >= 0.3 is 18.0 Å². The van der Waals surface area contributed by atoms with Gasteiger partial charge in [0.05, 0.1) is 18.1 Å². The lowest BCUT2D eigenvalue weighted by molar-refractivity contribution is -0.150. The van der Waals surface area contributed by atoms with Gasteiger partial charge in [0, 0.05) is 19.0 Å². The van der Waals surface area contributed by atoms with Crippen LogP contribution in [0.3, 0.4) is 0 Å². The lowest BCUT2D eigenvalue weighted by Crippen LogP contribution is -2.47. The van der Waals surface area contributed by atoms with Crippen molar-refractivity contribution in [3.63, 3.8) is 0 Å². The Kier molecular flexibility index (Phi) is 7.73. The number of rotatable bonds is 4. The van der Waals surface area contributed by atoms with Gasteiger partial charge in [-0.1, -0.05) is 12.1 Å². The number of benzene rings is 1. The molecule has 2 rings (SSSR count). The van der Waals surface area contributed by atoms with Gasteiger partial charge in [-0.25, -0.2) is 9.59 Å². The van der Waals surface area contributed by atoms with Crippen LogP contribution >= 0.6 is 0 Å². The van der Waals surface area contributed by atoms with Crippen LogP contribution < -0.4 is 0 Å². The summed E-state index contributed by atoms with van der Waals surface area (Å²) >= 11 is 0. The van der Waals surface area contributed by atoms with Crippen molar-refractivity contribution in [1.29, 1.82) is 0 Å². The molecule has 1 saturated heterocycles. The molecule has 0 bridgehead atoms. The molecule has 0 N–H and O–H groups in total. The quantitative estimate of drug-likeness (QED) is 0.512. The maximum atomic E-state index is 12.6. The Bertz CT molecular complexity index is 788. The first-order valence-electron chi connectivity index (χ1n) is 10.8. The fourth-order valence-electron chi connectivity index (χ4n) is 3.52. The second kappa shape index (κ2) is 9.71. The summed E-state index contributed by atoms with van der Waals surface area (Å²) in [6, 6.07) is 7.01. The number of piperidine rings is 1. The third-order valence-electron chi connectivity index (χ3n) is 4.83.